The van der Waals surface area contributed by atoms with Gasteiger partial charge in [0.15, 0.2) is 0 Å². The van der Waals surface area contributed by atoms with Crippen molar-refractivity contribution in [1.82, 2.24) is 24.7 Å². The SMILES string of the molecule is CC/C=C/Cn1cnc2nc(N)nnc21. The number of rotatable bonds is 3. The Labute approximate surface area is 86.9 Å². The monoisotopic (exact) mass is 204 g/mol. The number of hydrogen-bond donors (Lipinski definition) is 1. The fraction of sp³-hybridized carbons (Fsp3) is 0.333. The molecule has 0 aliphatic carbocycles. The van der Waals surface area contributed by atoms with Crippen molar-refractivity contribution in [3.8, 4) is 0 Å². The zero-order valence-electron chi connectivity index (χ0n) is 8.46. The standard InChI is InChI=1S/C9H12N6/c1-2-3-4-5-15-6-11-7-8(15)13-14-9(10)12-7/h3-4,6H,2,5H2,1H3,(H2,10,12,14)/b4-3+. The molecule has 0 fully saturated rings. The van der Waals surface area contributed by atoms with E-state index < -0.39 is 0 Å². The maximum atomic E-state index is 5.41. The lowest BCUT2D eigenvalue weighted by Gasteiger charge is -1.96. The van der Waals surface area contributed by atoms with Crippen LogP contribution >= 0.6 is 0 Å². The lowest BCUT2D eigenvalue weighted by molar-refractivity contribution is 0.822. The maximum absolute atomic E-state index is 5.41. The van der Waals surface area contributed by atoms with Gasteiger partial charge in [-0.15, -0.1) is 10.2 Å². The van der Waals surface area contributed by atoms with Crippen LogP contribution in [0.15, 0.2) is 18.5 Å². The Morgan fingerprint density at radius 3 is 3.07 bits per heavy atom. The first kappa shape index (κ1) is 9.57. The van der Waals surface area contributed by atoms with Gasteiger partial charge in [-0.2, -0.15) is 4.98 Å². The molecule has 0 aliphatic heterocycles. The molecule has 2 rings (SSSR count). The molecule has 15 heavy (non-hydrogen) atoms. The van der Waals surface area contributed by atoms with E-state index in [0.29, 0.717) is 11.3 Å². The zero-order chi connectivity index (χ0) is 10.7. The molecule has 0 unspecified atom stereocenters. The summed E-state index contributed by atoms with van der Waals surface area (Å²) in [7, 11) is 0. The number of aromatic nitrogens is 5. The lowest BCUT2D eigenvalue weighted by Crippen LogP contribution is -2.00. The number of nitrogens with zero attached hydrogens (tertiary/aromatic N) is 5. The normalized spacial score (nSPS) is 11.5. The minimum Gasteiger partial charge on any atom is -0.366 e. The first-order valence-electron chi connectivity index (χ1n) is 4.77. The van der Waals surface area contributed by atoms with Gasteiger partial charge in [0.05, 0.1) is 6.33 Å². The van der Waals surface area contributed by atoms with E-state index in [1.54, 1.807) is 6.33 Å². The van der Waals surface area contributed by atoms with Crippen molar-refractivity contribution < 1.29 is 0 Å². The number of hydrogen-bond acceptors (Lipinski definition) is 5. The van der Waals surface area contributed by atoms with Crippen molar-refractivity contribution in [3.63, 3.8) is 0 Å². The van der Waals surface area contributed by atoms with Gasteiger partial charge < -0.3 is 10.3 Å². The van der Waals surface area contributed by atoms with E-state index >= 15 is 0 Å². The molecule has 6 heteroatoms. The average Bonchev–Trinajstić information content (AvgIpc) is 2.61. The molecule has 0 radical (unpaired) electrons. The molecule has 6 nitrogen and oxygen atoms in total. The van der Waals surface area contributed by atoms with Gasteiger partial charge in [0.1, 0.15) is 0 Å². The Balaban J connectivity index is 2.32. The van der Waals surface area contributed by atoms with Crippen LogP contribution in [0.2, 0.25) is 0 Å². The molecule has 2 aromatic heterocycles. The molecular formula is C9H12N6. The molecule has 2 N–H and O–H groups in total. The van der Waals surface area contributed by atoms with Gasteiger partial charge in [-0.3, -0.25) is 0 Å². The van der Waals surface area contributed by atoms with E-state index in [2.05, 4.69) is 39.2 Å². The number of nitrogens with two attached hydrogens (primary N) is 1. The Morgan fingerprint density at radius 1 is 1.40 bits per heavy atom. The molecule has 0 bridgehead atoms. The maximum Gasteiger partial charge on any atom is 0.242 e. The van der Waals surface area contributed by atoms with Crippen LogP contribution in [0.25, 0.3) is 11.3 Å². The van der Waals surface area contributed by atoms with E-state index in [4.69, 9.17) is 5.73 Å². The minimum absolute atomic E-state index is 0.150. The van der Waals surface area contributed by atoms with Crippen molar-refractivity contribution in [3.05, 3.63) is 18.5 Å². The number of imidazole rings is 1. The van der Waals surface area contributed by atoms with Crippen LogP contribution in [0.5, 0.6) is 0 Å². The number of anilines is 1. The number of nitrogen functional groups attached to an aromatic ring is 1. The summed E-state index contributed by atoms with van der Waals surface area (Å²) < 4.78 is 1.88. The number of fused-ring (bicyclic) bond motifs is 1. The molecule has 0 aliphatic rings. The van der Waals surface area contributed by atoms with E-state index in [0.717, 1.165) is 13.0 Å². The molecule has 0 aromatic carbocycles. The summed E-state index contributed by atoms with van der Waals surface area (Å²) in [4.78, 5) is 8.07. The summed E-state index contributed by atoms with van der Waals surface area (Å²) in [6.07, 6.45) is 6.85. The highest BCUT2D eigenvalue weighted by Gasteiger charge is 2.04. The summed E-state index contributed by atoms with van der Waals surface area (Å²) in [5.74, 6) is 0.150. The molecule has 0 amide bonds. The Morgan fingerprint density at radius 2 is 2.27 bits per heavy atom. The summed E-state index contributed by atoms with van der Waals surface area (Å²) in [6.45, 7) is 2.81. The third-order valence-corrected chi connectivity index (χ3v) is 1.96. The van der Waals surface area contributed by atoms with Crippen LogP contribution in [-0.4, -0.2) is 24.7 Å². The van der Waals surface area contributed by atoms with Crippen LogP contribution in [-0.2, 0) is 6.54 Å². The van der Waals surface area contributed by atoms with E-state index in [-0.39, 0.29) is 5.95 Å². The highest BCUT2D eigenvalue weighted by Crippen LogP contribution is 2.06. The highest BCUT2D eigenvalue weighted by atomic mass is 15.3. The van der Waals surface area contributed by atoms with Crippen LogP contribution in [0.3, 0.4) is 0 Å². The first-order chi connectivity index (χ1) is 7.31. The summed E-state index contributed by atoms with van der Waals surface area (Å²) in [6, 6.07) is 0. The van der Waals surface area contributed by atoms with Crippen molar-refractivity contribution in [2.45, 2.75) is 19.9 Å². The Kier molecular flexibility index (Phi) is 2.57. The second-order valence-electron chi connectivity index (χ2n) is 3.09. The quantitative estimate of drug-likeness (QED) is 0.746. The topological polar surface area (TPSA) is 82.5 Å². The van der Waals surface area contributed by atoms with Crippen LogP contribution < -0.4 is 5.73 Å². The van der Waals surface area contributed by atoms with Crippen molar-refractivity contribution in [1.29, 1.82) is 0 Å². The molecule has 0 spiro atoms. The largest absolute Gasteiger partial charge is 0.366 e. The highest BCUT2D eigenvalue weighted by molar-refractivity contribution is 5.65. The molecular weight excluding hydrogens is 192 g/mol. The second-order valence-corrected chi connectivity index (χ2v) is 3.09. The van der Waals surface area contributed by atoms with E-state index in [1.807, 2.05) is 4.57 Å². The summed E-state index contributed by atoms with van der Waals surface area (Å²) in [5.41, 5.74) is 6.60. The van der Waals surface area contributed by atoms with E-state index in [9.17, 15) is 0 Å². The van der Waals surface area contributed by atoms with Crippen LogP contribution in [0.1, 0.15) is 13.3 Å². The summed E-state index contributed by atoms with van der Waals surface area (Å²) in [5, 5.41) is 7.65. The van der Waals surface area contributed by atoms with Crippen LogP contribution in [0.4, 0.5) is 5.95 Å². The first-order valence-corrected chi connectivity index (χ1v) is 4.77. The van der Waals surface area contributed by atoms with E-state index in [1.165, 1.54) is 0 Å². The van der Waals surface area contributed by atoms with Gasteiger partial charge >= 0.3 is 0 Å². The second kappa shape index (κ2) is 4.04. The van der Waals surface area contributed by atoms with Gasteiger partial charge in [-0.1, -0.05) is 19.1 Å². The zero-order valence-corrected chi connectivity index (χ0v) is 8.46. The fourth-order valence-electron chi connectivity index (χ4n) is 1.26. The Hall–Kier alpha value is -1.98. The van der Waals surface area contributed by atoms with Gasteiger partial charge in [-0.25, -0.2) is 4.98 Å². The number of allylic oxidation sites excluding steroid dienone is 2. The smallest absolute Gasteiger partial charge is 0.242 e. The molecule has 0 saturated heterocycles. The average molecular weight is 204 g/mol. The van der Waals surface area contributed by atoms with Gasteiger partial charge in [0.2, 0.25) is 17.2 Å². The van der Waals surface area contributed by atoms with Gasteiger partial charge in [0.25, 0.3) is 0 Å². The molecule has 78 valence electrons. The summed E-state index contributed by atoms with van der Waals surface area (Å²) >= 11 is 0. The Bertz CT molecular complexity index is 486. The van der Waals surface area contributed by atoms with Gasteiger partial charge in [-0.05, 0) is 6.42 Å². The van der Waals surface area contributed by atoms with Crippen LogP contribution in [0, 0.1) is 0 Å². The fourth-order valence-corrected chi connectivity index (χ4v) is 1.26. The van der Waals surface area contributed by atoms with Crippen molar-refractivity contribution in [2.75, 3.05) is 5.73 Å². The molecule has 0 saturated carbocycles. The minimum atomic E-state index is 0.150. The third-order valence-electron chi connectivity index (χ3n) is 1.96. The molecule has 2 heterocycles. The van der Waals surface area contributed by atoms with Gasteiger partial charge in [0, 0.05) is 6.54 Å². The molecule has 2 aromatic rings. The van der Waals surface area contributed by atoms with Crippen molar-refractivity contribution >= 4 is 17.2 Å². The predicted molar refractivity (Wildman–Crippen MR) is 57.0 cm³/mol. The molecule has 0 atom stereocenters. The lowest BCUT2D eigenvalue weighted by atomic mass is 10.4. The third kappa shape index (κ3) is 1.93. The predicted octanol–water partition coefficient (Wildman–Crippen LogP) is 0.770. The van der Waals surface area contributed by atoms with Crippen molar-refractivity contribution in [2.24, 2.45) is 0 Å².